The molecule has 1 aromatic heterocycles. The number of nitrogens with zero attached hydrogens (tertiary/aromatic N) is 4. The van der Waals surface area contributed by atoms with E-state index in [0.717, 1.165) is 23.2 Å². The maximum absolute atomic E-state index is 12.9. The zero-order chi connectivity index (χ0) is 21.5. The van der Waals surface area contributed by atoms with E-state index in [1.807, 2.05) is 24.3 Å². The molecule has 1 saturated heterocycles. The van der Waals surface area contributed by atoms with Crippen molar-refractivity contribution in [3.63, 3.8) is 0 Å². The van der Waals surface area contributed by atoms with Crippen LogP contribution in [0.3, 0.4) is 0 Å². The number of carbonyl (C=O) groups is 1. The summed E-state index contributed by atoms with van der Waals surface area (Å²) in [5, 5.41) is 19.2. The molecule has 1 aliphatic rings. The minimum absolute atomic E-state index is 0.0998. The Hall–Kier alpha value is -3.47. The number of aromatic nitrogens is 2. The number of anilines is 1. The Balaban J connectivity index is 1.53. The Morgan fingerprint density at radius 2 is 1.83 bits per heavy atom. The van der Waals surface area contributed by atoms with Crippen molar-refractivity contribution >= 4 is 38.0 Å². The molecule has 0 radical (unpaired) electrons. The second-order valence-corrected chi connectivity index (χ2v) is 9.09. The van der Waals surface area contributed by atoms with Gasteiger partial charge in [-0.05, 0) is 18.2 Å². The maximum Gasteiger partial charge on any atom is 0.293 e. The summed E-state index contributed by atoms with van der Waals surface area (Å²) < 4.78 is 23.5. The second kappa shape index (κ2) is 7.41. The van der Waals surface area contributed by atoms with Gasteiger partial charge in [-0.15, -0.1) is 0 Å². The number of fused-ring (bicyclic) bond motifs is 1. The topological polar surface area (TPSA) is 130 Å². The molecule has 11 heteroatoms. The van der Waals surface area contributed by atoms with Crippen LogP contribution < -0.4 is 4.90 Å². The van der Waals surface area contributed by atoms with Gasteiger partial charge in [0.1, 0.15) is 5.69 Å². The maximum atomic E-state index is 12.9. The molecular weight excluding hydrogens is 410 g/mol. The fraction of sp³-hybridized carbons (Fsp3) is 0.263. The van der Waals surface area contributed by atoms with Gasteiger partial charge in [-0.3, -0.25) is 20.0 Å². The van der Waals surface area contributed by atoms with Crippen molar-refractivity contribution < 1.29 is 18.1 Å². The summed E-state index contributed by atoms with van der Waals surface area (Å²) >= 11 is 0. The van der Waals surface area contributed by atoms with Crippen LogP contribution in [0.25, 0.3) is 10.9 Å². The van der Waals surface area contributed by atoms with Crippen LogP contribution >= 0.6 is 0 Å². The lowest BCUT2D eigenvalue weighted by Gasteiger charge is -2.35. The number of amides is 1. The Morgan fingerprint density at radius 3 is 2.50 bits per heavy atom. The van der Waals surface area contributed by atoms with Crippen LogP contribution in [0.4, 0.5) is 11.4 Å². The van der Waals surface area contributed by atoms with Gasteiger partial charge in [-0.2, -0.15) is 5.10 Å². The normalized spacial score (nSPS) is 14.8. The molecule has 0 aliphatic carbocycles. The predicted molar refractivity (Wildman–Crippen MR) is 110 cm³/mol. The van der Waals surface area contributed by atoms with Crippen LogP contribution in [0.2, 0.25) is 0 Å². The van der Waals surface area contributed by atoms with E-state index < -0.39 is 14.8 Å². The largest absolute Gasteiger partial charge is 0.362 e. The van der Waals surface area contributed by atoms with Gasteiger partial charge < -0.3 is 9.80 Å². The Kier molecular flexibility index (Phi) is 4.90. The summed E-state index contributed by atoms with van der Waals surface area (Å²) in [6.07, 6.45) is 1.01. The lowest BCUT2D eigenvalue weighted by molar-refractivity contribution is -0.384. The first-order valence-electron chi connectivity index (χ1n) is 9.21. The molecule has 1 N–H and O–H groups in total. The number of nitro groups is 1. The first kappa shape index (κ1) is 19.8. The van der Waals surface area contributed by atoms with E-state index >= 15 is 0 Å². The quantitative estimate of drug-likeness (QED) is 0.495. The van der Waals surface area contributed by atoms with Gasteiger partial charge in [0, 0.05) is 43.9 Å². The SMILES string of the molecule is CS(=O)(=O)c1ccc(N2CCN(C(=O)c3n[nH]c4ccccc34)CC2)c([N+](=O)[O-])c1. The molecule has 1 aliphatic heterocycles. The number of carbonyl (C=O) groups excluding carboxylic acids is 1. The highest BCUT2D eigenvalue weighted by Crippen LogP contribution is 2.31. The fourth-order valence-corrected chi connectivity index (χ4v) is 4.22. The predicted octanol–water partition coefficient (Wildman–Crippen LogP) is 1.84. The number of hydrogen-bond acceptors (Lipinski definition) is 7. The number of rotatable bonds is 4. The zero-order valence-electron chi connectivity index (χ0n) is 16.1. The van der Waals surface area contributed by atoms with Crippen molar-refractivity contribution in [3.05, 3.63) is 58.3 Å². The Bertz CT molecular complexity index is 1250. The van der Waals surface area contributed by atoms with Crippen LogP contribution in [0.1, 0.15) is 10.5 Å². The summed E-state index contributed by atoms with van der Waals surface area (Å²) in [5.41, 5.74) is 1.20. The first-order valence-corrected chi connectivity index (χ1v) is 11.1. The molecule has 4 rings (SSSR count). The van der Waals surface area contributed by atoms with Gasteiger partial charge in [0.15, 0.2) is 15.5 Å². The summed E-state index contributed by atoms with van der Waals surface area (Å²) in [7, 11) is -3.56. The van der Waals surface area contributed by atoms with E-state index in [1.165, 1.54) is 12.1 Å². The highest BCUT2D eigenvalue weighted by atomic mass is 32.2. The molecule has 0 atom stereocenters. The number of benzene rings is 2. The van der Waals surface area contributed by atoms with Crippen molar-refractivity contribution in [1.82, 2.24) is 15.1 Å². The molecule has 1 amide bonds. The van der Waals surface area contributed by atoms with Crippen LogP contribution in [0, 0.1) is 10.1 Å². The third-order valence-corrected chi connectivity index (χ3v) is 6.26. The van der Waals surface area contributed by atoms with E-state index in [-0.39, 0.29) is 16.5 Å². The van der Waals surface area contributed by atoms with Gasteiger partial charge in [0.25, 0.3) is 11.6 Å². The van der Waals surface area contributed by atoms with Crippen molar-refractivity contribution in [1.29, 1.82) is 0 Å². The summed E-state index contributed by atoms with van der Waals surface area (Å²) in [6.45, 7) is 1.50. The molecular formula is C19H19N5O5S. The number of H-pyrrole nitrogens is 1. The van der Waals surface area contributed by atoms with E-state index in [0.29, 0.717) is 37.6 Å². The van der Waals surface area contributed by atoms with Crippen molar-refractivity contribution in [3.8, 4) is 0 Å². The fourth-order valence-electron chi connectivity index (χ4n) is 3.57. The number of hydrogen-bond donors (Lipinski definition) is 1. The second-order valence-electron chi connectivity index (χ2n) is 7.08. The molecule has 3 aromatic rings. The van der Waals surface area contributed by atoms with Crippen molar-refractivity contribution in [2.24, 2.45) is 0 Å². The smallest absolute Gasteiger partial charge is 0.293 e. The van der Waals surface area contributed by atoms with Crippen LogP contribution in [-0.4, -0.2) is 66.8 Å². The molecule has 0 bridgehead atoms. The highest BCUT2D eigenvalue weighted by molar-refractivity contribution is 7.90. The molecule has 1 fully saturated rings. The van der Waals surface area contributed by atoms with Crippen molar-refractivity contribution in [2.75, 3.05) is 37.3 Å². The molecule has 0 spiro atoms. The number of nitrogens with one attached hydrogen (secondary N) is 1. The molecule has 156 valence electrons. The number of aromatic amines is 1. The average molecular weight is 429 g/mol. The van der Waals surface area contributed by atoms with Crippen LogP contribution in [-0.2, 0) is 9.84 Å². The highest BCUT2D eigenvalue weighted by Gasteiger charge is 2.29. The number of para-hydroxylation sites is 1. The van der Waals surface area contributed by atoms with Gasteiger partial charge >= 0.3 is 0 Å². The van der Waals surface area contributed by atoms with E-state index in [9.17, 15) is 23.3 Å². The molecule has 0 unspecified atom stereocenters. The van der Waals surface area contributed by atoms with Gasteiger partial charge in [0.05, 0.1) is 15.3 Å². The third kappa shape index (κ3) is 3.59. The summed E-state index contributed by atoms with van der Waals surface area (Å²) in [4.78, 5) is 27.2. The molecule has 0 saturated carbocycles. The van der Waals surface area contributed by atoms with Gasteiger partial charge in [-0.25, -0.2) is 8.42 Å². The zero-order valence-corrected chi connectivity index (χ0v) is 16.9. The van der Waals surface area contributed by atoms with Crippen molar-refractivity contribution in [2.45, 2.75) is 4.90 Å². The molecule has 2 heterocycles. The monoisotopic (exact) mass is 429 g/mol. The third-order valence-electron chi connectivity index (χ3n) is 5.15. The number of piperazine rings is 1. The lowest BCUT2D eigenvalue weighted by atomic mass is 10.1. The first-order chi connectivity index (χ1) is 14.3. The summed E-state index contributed by atoms with van der Waals surface area (Å²) in [6, 6.07) is 11.3. The lowest BCUT2D eigenvalue weighted by Crippen LogP contribution is -2.49. The minimum Gasteiger partial charge on any atom is -0.362 e. The standard InChI is InChI=1S/C19H19N5O5S/c1-30(28,29)13-6-7-16(17(12-13)24(26)27)22-8-10-23(11-9-22)19(25)18-14-4-2-3-5-15(14)20-21-18/h2-7,12H,8-11H2,1H3,(H,20,21). The minimum atomic E-state index is -3.56. The van der Waals surface area contributed by atoms with E-state index in [2.05, 4.69) is 10.2 Å². The average Bonchev–Trinajstić information content (AvgIpc) is 3.16. The number of sulfone groups is 1. The molecule has 2 aromatic carbocycles. The van der Waals surface area contributed by atoms with Gasteiger partial charge in [0.2, 0.25) is 0 Å². The Morgan fingerprint density at radius 1 is 1.13 bits per heavy atom. The number of nitro benzene ring substituents is 1. The Labute approximate surface area is 172 Å². The van der Waals surface area contributed by atoms with E-state index in [4.69, 9.17) is 0 Å². The molecule has 30 heavy (non-hydrogen) atoms. The molecule has 10 nitrogen and oxygen atoms in total. The van der Waals surface area contributed by atoms with Crippen LogP contribution in [0.15, 0.2) is 47.4 Å². The van der Waals surface area contributed by atoms with Gasteiger partial charge in [-0.1, -0.05) is 18.2 Å². The van der Waals surface area contributed by atoms with E-state index in [1.54, 1.807) is 9.80 Å². The summed E-state index contributed by atoms with van der Waals surface area (Å²) in [5.74, 6) is -0.200. The van der Waals surface area contributed by atoms with Crippen LogP contribution in [0.5, 0.6) is 0 Å².